The Labute approximate surface area is 121 Å². The van der Waals surface area contributed by atoms with E-state index in [2.05, 4.69) is 22.4 Å². The second-order valence-corrected chi connectivity index (χ2v) is 7.14. The fourth-order valence-electron chi connectivity index (χ4n) is 4.31. The van der Waals surface area contributed by atoms with Crippen LogP contribution in [0.1, 0.15) is 44.1 Å². The summed E-state index contributed by atoms with van der Waals surface area (Å²) < 4.78 is 5.56. The van der Waals surface area contributed by atoms with E-state index in [9.17, 15) is 0 Å². The molecular formula is C17H24N2O. The van der Waals surface area contributed by atoms with Gasteiger partial charge in [0, 0.05) is 43.6 Å². The summed E-state index contributed by atoms with van der Waals surface area (Å²) in [5.74, 6) is 0. The van der Waals surface area contributed by atoms with Crippen LogP contribution in [0.5, 0.6) is 0 Å². The molecule has 2 aliphatic carbocycles. The van der Waals surface area contributed by atoms with Crippen LogP contribution in [-0.2, 0) is 10.2 Å². The average molecular weight is 272 g/mol. The molecule has 108 valence electrons. The smallest absolute Gasteiger partial charge is 0.0471 e. The summed E-state index contributed by atoms with van der Waals surface area (Å²) in [5.41, 5.74) is 2.40. The highest BCUT2D eigenvalue weighted by Crippen LogP contribution is 2.60. The molecule has 1 aliphatic heterocycles. The highest BCUT2D eigenvalue weighted by molar-refractivity contribution is 5.30. The number of pyridine rings is 1. The molecule has 3 aliphatic rings. The highest BCUT2D eigenvalue weighted by Gasteiger charge is 2.55. The van der Waals surface area contributed by atoms with Crippen LogP contribution in [0.3, 0.4) is 0 Å². The van der Waals surface area contributed by atoms with Gasteiger partial charge in [0.25, 0.3) is 0 Å². The standard InChI is InChI=1S/C17H24N2O/c1-2-15(1)19-13-17(14-3-7-18-8-4-14)11-16(12-17)5-9-20-10-6-16/h3-4,7-8,15,19H,1-2,5-6,9-13H2. The molecule has 0 bridgehead atoms. The maximum Gasteiger partial charge on any atom is 0.0471 e. The Kier molecular flexibility index (Phi) is 3.08. The van der Waals surface area contributed by atoms with Gasteiger partial charge in [-0.25, -0.2) is 0 Å². The van der Waals surface area contributed by atoms with E-state index < -0.39 is 0 Å². The van der Waals surface area contributed by atoms with Gasteiger partial charge in [0.05, 0.1) is 0 Å². The van der Waals surface area contributed by atoms with Crippen molar-refractivity contribution in [3.05, 3.63) is 30.1 Å². The van der Waals surface area contributed by atoms with E-state index in [-0.39, 0.29) is 0 Å². The second-order valence-electron chi connectivity index (χ2n) is 7.14. The molecule has 2 heterocycles. The minimum absolute atomic E-state index is 0.350. The number of hydrogen-bond donors (Lipinski definition) is 1. The van der Waals surface area contributed by atoms with Crippen molar-refractivity contribution in [1.82, 2.24) is 10.3 Å². The molecule has 0 radical (unpaired) electrons. The number of rotatable bonds is 4. The molecule has 0 unspecified atom stereocenters. The lowest BCUT2D eigenvalue weighted by atomic mass is 9.48. The summed E-state index contributed by atoms with van der Waals surface area (Å²) in [6, 6.07) is 5.24. The molecule has 1 spiro atoms. The maximum absolute atomic E-state index is 5.56. The molecule has 0 atom stereocenters. The van der Waals surface area contributed by atoms with Gasteiger partial charge < -0.3 is 10.1 Å². The second kappa shape index (κ2) is 4.81. The number of hydrogen-bond acceptors (Lipinski definition) is 3. The van der Waals surface area contributed by atoms with E-state index in [1.807, 2.05) is 12.4 Å². The maximum atomic E-state index is 5.56. The van der Waals surface area contributed by atoms with Crippen LogP contribution in [0.15, 0.2) is 24.5 Å². The Morgan fingerprint density at radius 2 is 1.85 bits per heavy atom. The van der Waals surface area contributed by atoms with Gasteiger partial charge in [-0.05, 0) is 61.6 Å². The Bertz CT molecular complexity index is 455. The molecule has 1 N–H and O–H groups in total. The number of aromatic nitrogens is 1. The van der Waals surface area contributed by atoms with Crippen molar-refractivity contribution in [2.75, 3.05) is 19.8 Å². The summed E-state index contributed by atoms with van der Waals surface area (Å²) in [5, 5.41) is 3.77. The SMILES string of the molecule is c1cc(C2(CNC3CC3)CC3(CCOCC3)C2)ccn1. The average Bonchev–Trinajstić information content (AvgIpc) is 3.29. The fraction of sp³-hybridized carbons (Fsp3) is 0.706. The molecule has 1 aromatic heterocycles. The van der Waals surface area contributed by atoms with Crippen LogP contribution in [0, 0.1) is 5.41 Å². The van der Waals surface area contributed by atoms with Gasteiger partial charge in [0.15, 0.2) is 0 Å². The molecule has 1 saturated heterocycles. The predicted octanol–water partition coefficient (Wildman–Crippen LogP) is 2.66. The number of nitrogens with zero attached hydrogens (tertiary/aromatic N) is 1. The zero-order valence-corrected chi connectivity index (χ0v) is 12.1. The van der Waals surface area contributed by atoms with Gasteiger partial charge in [-0.3, -0.25) is 4.98 Å². The summed E-state index contributed by atoms with van der Waals surface area (Å²) >= 11 is 0. The van der Waals surface area contributed by atoms with Crippen molar-refractivity contribution in [2.45, 2.75) is 50.0 Å². The molecule has 0 amide bonds. The zero-order valence-electron chi connectivity index (χ0n) is 12.1. The van der Waals surface area contributed by atoms with E-state index in [1.54, 1.807) is 0 Å². The summed E-state index contributed by atoms with van der Waals surface area (Å²) in [6.45, 7) is 3.06. The van der Waals surface area contributed by atoms with Crippen LogP contribution >= 0.6 is 0 Å². The van der Waals surface area contributed by atoms with Gasteiger partial charge in [0.2, 0.25) is 0 Å². The largest absolute Gasteiger partial charge is 0.381 e. The topological polar surface area (TPSA) is 34.1 Å². The van der Waals surface area contributed by atoms with Crippen molar-refractivity contribution >= 4 is 0 Å². The number of nitrogens with one attached hydrogen (secondary N) is 1. The third kappa shape index (κ3) is 2.27. The van der Waals surface area contributed by atoms with Gasteiger partial charge >= 0.3 is 0 Å². The lowest BCUT2D eigenvalue weighted by molar-refractivity contribution is -0.0738. The molecule has 20 heavy (non-hydrogen) atoms. The Morgan fingerprint density at radius 3 is 2.50 bits per heavy atom. The normalized spacial score (nSPS) is 27.2. The molecular weight excluding hydrogens is 248 g/mol. The van der Waals surface area contributed by atoms with Crippen LogP contribution in [0.4, 0.5) is 0 Å². The van der Waals surface area contributed by atoms with Crippen molar-refractivity contribution in [2.24, 2.45) is 5.41 Å². The van der Waals surface area contributed by atoms with Gasteiger partial charge in [0.1, 0.15) is 0 Å². The first-order chi connectivity index (χ1) is 9.80. The molecule has 0 aromatic carbocycles. The molecule has 1 aromatic rings. The van der Waals surface area contributed by atoms with Crippen molar-refractivity contribution in [1.29, 1.82) is 0 Å². The lowest BCUT2D eigenvalue weighted by Gasteiger charge is -2.58. The van der Waals surface area contributed by atoms with E-state index in [0.29, 0.717) is 10.8 Å². The minimum atomic E-state index is 0.350. The van der Waals surface area contributed by atoms with E-state index in [4.69, 9.17) is 4.74 Å². The zero-order chi connectivity index (χ0) is 13.5. The predicted molar refractivity (Wildman–Crippen MR) is 78.7 cm³/mol. The fourth-order valence-corrected chi connectivity index (χ4v) is 4.31. The quantitative estimate of drug-likeness (QED) is 0.915. The first-order valence-electron chi connectivity index (χ1n) is 8.02. The molecule has 2 saturated carbocycles. The first-order valence-corrected chi connectivity index (χ1v) is 8.02. The highest BCUT2D eigenvalue weighted by atomic mass is 16.5. The monoisotopic (exact) mass is 272 g/mol. The van der Waals surface area contributed by atoms with Crippen molar-refractivity contribution in [3.8, 4) is 0 Å². The van der Waals surface area contributed by atoms with Crippen LogP contribution in [0.25, 0.3) is 0 Å². The van der Waals surface area contributed by atoms with E-state index >= 15 is 0 Å². The summed E-state index contributed by atoms with van der Waals surface area (Å²) in [7, 11) is 0. The van der Waals surface area contributed by atoms with Gasteiger partial charge in [-0.1, -0.05) is 0 Å². The van der Waals surface area contributed by atoms with E-state index in [1.165, 1.54) is 44.1 Å². The van der Waals surface area contributed by atoms with Crippen LogP contribution in [0.2, 0.25) is 0 Å². The minimum Gasteiger partial charge on any atom is -0.381 e. The molecule has 3 fully saturated rings. The summed E-state index contributed by atoms with van der Waals surface area (Å²) in [6.07, 6.45) is 11.8. The third-order valence-corrected chi connectivity index (χ3v) is 5.58. The van der Waals surface area contributed by atoms with E-state index in [0.717, 1.165) is 25.8 Å². The third-order valence-electron chi connectivity index (χ3n) is 5.58. The Morgan fingerprint density at radius 1 is 1.15 bits per heavy atom. The van der Waals surface area contributed by atoms with Gasteiger partial charge in [-0.15, -0.1) is 0 Å². The van der Waals surface area contributed by atoms with Crippen molar-refractivity contribution in [3.63, 3.8) is 0 Å². The molecule has 3 heteroatoms. The summed E-state index contributed by atoms with van der Waals surface area (Å²) in [4.78, 5) is 4.19. The van der Waals surface area contributed by atoms with Gasteiger partial charge in [-0.2, -0.15) is 0 Å². The first kappa shape index (κ1) is 12.8. The Hall–Kier alpha value is -0.930. The molecule has 3 nitrogen and oxygen atoms in total. The van der Waals surface area contributed by atoms with Crippen LogP contribution in [-0.4, -0.2) is 30.8 Å². The molecule has 4 rings (SSSR count). The van der Waals surface area contributed by atoms with Crippen LogP contribution < -0.4 is 5.32 Å². The lowest BCUT2D eigenvalue weighted by Crippen LogP contribution is -2.56. The van der Waals surface area contributed by atoms with Crippen molar-refractivity contribution < 1.29 is 4.74 Å². The number of ether oxygens (including phenoxy) is 1. The Balaban J connectivity index is 1.52.